The molecule has 1 amide bonds. The minimum atomic E-state index is -0.246. The van der Waals surface area contributed by atoms with Crippen molar-refractivity contribution in [1.82, 2.24) is 15.0 Å². The van der Waals surface area contributed by atoms with Gasteiger partial charge in [-0.3, -0.25) is 9.36 Å². The fraction of sp³-hybridized carbons (Fsp3) is 0.529. The monoisotopic (exact) mass is 352 g/mol. The van der Waals surface area contributed by atoms with Crippen LogP contribution in [0.5, 0.6) is 0 Å². The Kier molecular flexibility index (Phi) is 5.40. The molecule has 3 rings (SSSR count). The van der Waals surface area contributed by atoms with Crippen molar-refractivity contribution < 1.29 is 9.32 Å². The molecule has 1 aliphatic carbocycles. The second-order valence-electron chi connectivity index (χ2n) is 6.56. The van der Waals surface area contributed by atoms with Crippen LogP contribution in [0.25, 0.3) is 5.82 Å². The summed E-state index contributed by atoms with van der Waals surface area (Å²) in [5.41, 5.74) is 8.16. The number of aryl methyl sites for hydroxylation is 2. The molecule has 1 saturated carbocycles. The number of nitrogens with two attached hydrogens (primary N) is 1. The van der Waals surface area contributed by atoms with Gasteiger partial charge in [0.05, 0.1) is 11.1 Å². The molecule has 0 bridgehead atoms. The number of carbonyl (C=O) groups excluding carboxylic acids is 1. The molecule has 0 saturated heterocycles. The van der Waals surface area contributed by atoms with Gasteiger partial charge < -0.3 is 15.6 Å². The van der Waals surface area contributed by atoms with Crippen molar-refractivity contribution >= 4 is 18.3 Å². The zero-order valence-corrected chi connectivity index (χ0v) is 15.2. The van der Waals surface area contributed by atoms with Crippen molar-refractivity contribution in [2.45, 2.75) is 52.0 Å². The third kappa shape index (κ3) is 3.21. The highest BCUT2D eigenvalue weighted by atomic mass is 35.5. The molecule has 0 radical (unpaired) electrons. The van der Waals surface area contributed by atoms with Crippen molar-refractivity contribution in [2.24, 2.45) is 5.73 Å². The summed E-state index contributed by atoms with van der Waals surface area (Å²) in [6.45, 7) is 6.22. The van der Waals surface area contributed by atoms with Gasteiger partial charge in [-0.1, -0.05) is 18.0 Å². The van der Waals surface area contributed by atoms with Gasteiger partial charge in [0.15, 0.2) is 5.82 Å². The van der Waals surface area contributed by atoms with E-state index in [9.17, 15) is 4.79 Å². The van der Waals surface area contributed by atoms with Gasteiger partial charge in [0.25, 0.3) is 5.91 Å². The van der Waals surface area contributed by atoms with E-state index in [1.807, 2.05) is 37.5 Å². The van der Waals surface area contributed by atoms with Gasteiger partial charge in [0.1, 0.15) is 5.76 Å². The highest BCUT2D eigenvalue weighted by Crippen LogP contribution is 2.29. The number of hydrogen-bond donors (Lipinski definition) is 2. The number of carbonyl (C=O) groups is 1. The summed E-state index contributed by atoms with van der Waals surface area (Å²) in [4.78, 5) is 12.8. The maximum atomic E-state index is 12.8. The number of hydrogen-bond acceptors (Lipinski definition) is 4. The highest BCUT2D eigenvalue weighted by Gasteiger charge is 2.34. The van der Waals surface area contributed by atoms with E-state index in [1.165, 1.54) is 0 Å². The summed E-state index contributed by atoms with van der Waals surface area (Å²) in [5, 5.41) is 7.22. The van der Waals surface area contributed by atoms with E-state index in [4.69, 9.17) is 10.3 Å². The molecule has 2 heterocycles. The first kappa shape index (κ1) is 18.5. The van der Waals surface area contributed by atoms with E-state index >= 15 is 0 Å². The van der Waals surface area contributed by atoms with Crippen LogP contribution in [0.4, 0.5) is 0 Å². The zero-order valence-electron chi connectivity index (χ0n) is 14.4. The lowest BCUT2D eigenvalue weighted by Gasteiger charge is -2.28. The summed E-state index contributed by atoms with van der Waals surface area (Å²) in [6, 6.07) is 3.76. The first-order valence-corrected chi connectivity index (χ1v) is 8.11. The predicted octanol–water partition coefficient (Wildman–Crippen LogP) is 2.81. The lowest BCUT2D eigenvalue weighted by Crippen LogP contribution is -2.51. The first-order chi connectivity index (χ1) is 11.0. The number of rotatable bonds is 4. The Morgan fingerprint density at radius 1 is 1.33 bits per heavy atom. The maximum Gasteiger partial charge on any atom is 0.253 e. The lowest BCUT2D eigenvalue weighted by molar-refractivity contribution is 0.0902. The van der Waals surface area contributed by atoms with E-state index in [2.05, 4.69) is 10.5 Å². The van der Waals surface area contributed by atoms with Gasteiger partial charge in [0, 0.05) is 24.0 Å². The van der Waals surface area contributed by atoms with Crippen molar-refractivity contribution in [3.63, 3.8) is 0 Å². The summed E-state index contributed by atoms with van der Waals surface area (Å²) in [5.74, 6) is 1.38. The van der Waals surface area contributed by atoms with Crippen molar-refractivity contribution in [2.75, 3.05) is 6.54 Å². The Bertz CT molecular complexity index is 729. The summed E-state index contributed by atoms with van der Waals surface area (Å²) >= 11 is 0. The van der Waals surface area contributed by atoms with E-state index in [0.717, 1.165) is 42.8 Å². The summed E-state index contributed by atoms with van der Waals surface area (Å²) in [7, 11) is 0. The minimum Gasteiger partial charge on any atom is -0.360 e. The number of nitrogens with one attached hydrogen (secondary N) is 1. The van der Waals surface area contributed by atoms with Crippen LogP contribution < -0.4 is 11.1 Å². The number of halogens is 1. The normalized spacial score (nSPS) is 16.0. The van der Waals surface area contributed by atoms with Crippen molar-refractivity contribution in [1.29, 1.82) is 0 Å². The van der Waals surface area contributed by atoms with Crippen molar-refractivity contribution in [3.8, 4) is 5.82 Å². The number of amides is 1. The summed E-state index contributed by atoms with van der Waals surface area (Å²) in [6.07, 6.45) is 4.15. The third-order valence-corrected chi connectivity index (χ3v) is 4.85. The Morgan fingerprint density at radius 2 is 2.00 bits per heavy atom. The van der Waals surface area contributed by atoms with Crippen LogP contribution in [0.3, 0.4) is 0 Å². The first-order valence-electron chi connectivity index (χ1n) is 8.11. The molecule has 3 N–H and O–H groups in total. The summed E-state index contributed by atoms with van der Waals surface area (Å²) < 4.78 is 7.09. The fourth-order valence-electron chi connectivity index (χ4n) is 3.54. The topological polar surface area (TPSA) is 86.1 Å². The average Bonchev–Trinajstić information content (AvgIpc) is 3.20. The van der Waals surface area contributed by atoms with Crippen LogP contribution >= 0.6 is 12.4 Å². The minimum absolute atomic E-state index is 0. The van der Waals surface area contributed by atoms with E-state index in [1.54, 1.807) is 0 Å². The molecule has 0 aliphatic heterocycles. The Hall–Kier alpha value is -1.79. The molecular formula is C17H25ClN4O2. The Balaban J connectivity index is 0.00000208. The Morgan fingerprint density at radius 3 is 2.54 bits per heavy atom. The Labute approximate surface area is 148 Å². The highest BCUT2D eigenvalue weighted by molar-refractivity contribution is 5.96. The van der Waals surface area contributed by atoms with Gasteiger partial charge in [0.2, 0.25) is 0 Å². The van der Waals surface area contributed by atoms with Gasteiger partial charge in [-0.05, 0) is 39.7 Å². The number of nitrogens with zero attached hydrogens (tertiary/aromatic N) is 2. The lowest BCUT2D eigenvalue weighted by atomic mass is 9.97. The van der Waals surface area contributed by atoms with Crippen LogP contribution in [-0.2, 0) is 0 Å². The molecule has 24 heavy (non-hydrogen) atoms. The van der Waals surface area contributed by atoms with Crippen molar-refractivity contribution in [3.05, 3.63) is 34.8 Å². The molecule has 0 spiro atoms. The maximum absolute atomic E-state index is 12.8. The standard InChI is InChI=1S/C17H24N4O2.ClH/c1-11-8-14(13(3)21(11)15-9-12(2)23-20-15)16(22)19-17(10-18)6-4-5-7-17;/h8-9H,4-7,10,18H2,1-3H3,(H,19,22);1H. The molecule has 0 aromatic carbocycles. The van der Waals surface area contributed by atoms with Gasteiger partial charge in [-0.2, -0.15) is 0 Å². The molecule has 0 unspecified atom stereocenters. The SMILES string of the molecule is Cc1cc(-n2c(C)cc(C(=O)NC3(CN)CCCC3)c2C)no1.Cl. The average molecular weight is 353 g/mol. The van der Waals surface area contributed by atoms with E-state index < -0.39 is 0 Å². The quantitative estimate of drug-likeness (QED) is 0.885. The van der Waals surface area contributed by atoms with Crippen LogP contribution in [0.2, 0.25) is 0 Å². The van der Waals surface area contributed by atoms with E-state index in [-0.39, 0.29) is 23.9 Å². The van der Waals surface area contributed by atoms with Gasteiger partial charge >= 0.3 is 0 Å². The smallest absolute Gasteiger partial charge is 0.253 e. The number of aromatic nitrogens is 2. The van der Waals surface area contributed by atoms with Gasteiger partial charge in [-0.25, -0.2) is 0 Å². The molecule has 2 aromatic heterocycles. The molecule has 132 valence electrons. The van der Waals surface area contributed by atoms with E-state index in [0.29, 0.717) is 17.9 Å². The zero-order chi connectivity index (χ0) is 16.6. The largest absolute Gasteiger partial charge is 0.360 e. The molecule has 0 atom stereocenters. The second kappa shape index (κ2) is 6.99. The molecule has 1 aliphatic rings. The predicted molar refractivity (Wildman–Crippen MR) is 95.0 cm³/mol. The van der Waals surface area contributed by atoms with Crippen LogP contribution in [0.1, 0.15) is 53.2 Å². The molecule has 7 heteroatoms. The molecule has 1 fully saturated rings. The van der Waals surface area contributed by atoms with Crippen LogP contribution in [-0.4, -0.2) is 27.7 Å². The molecular weight excluding hydrogens is 328 g/mol. The van der Waals surface area contributed by atoms with Gasteiger partial charge in [-0.15, -0.1) is 12.4 Å². The fourth-order valence-corrected chi connectivity index (χ4v) is 3.54. The van der Waals surface area contributed by atoms with Crippen LogP contribution in [0.15, 0.2) is 16.7 Å². The second-order valence-corrected chi connectivity index (χ2v) is 6.56. The van der Waals surface area contributed by atoms with Crippen LogP contribution in [0, 0.1) is 20.8 Å². The third-order valence-electron chi connectivity index (χ3n) is 4.85. The molecule has 2 aromatic rings. The molecule has 6 nitrogen and oxygen atoms in total.